The molecular formula is C18H20N2O3S. The van der Waals surface area contributed by atoms with E-state index < -0.39 is 0 Å². The minimum Gasteiger partial charge on any atom is -0.497 e. The second-order valence-electron chi connectivity index (χ2n) is 5.33. The highest BCUT2D eigenvalue weighted by Crippen LogP contribution is 2.17. The molecule has 0 heterocycles. The van der Waals surface area contributed by atoms with E-state index in [1.54, 1.807) is 31.4 Å². The van der Waals surface area contributed by atoms with Crippen LogP contribution >= 0.6 is 12.2 Å². The summed E-state index contributed by atoms with van der Waals surface area (Å²) in [7, 11) is 1.58. The van der Waals surface area contributed by atoms with Crippen LogP contribution in [0.15, 0.2) is 48.5 Å². The Labute approximate surface area is 147 Å². The lowest BCUT2D eigenvalue weighted by Crippen LogP contribution is -2.34. The van der Waals surface area contributed by atoms with Crippen molar-refractivity contribution in [2.45, 2.75) is 20.0 Å². The lowest BCUT2D eigenvalue weighted by atomic mass is 10.2. The Morgan fingerprint density at radius 2 is 1.58 bits per heavy atom. The summed E-state index contributed by atoms with van der Waals surface area (Å²) < 4.78 is 10.6. The molecule has 0 aromatic heterocycles. The van der Waals surface area contributed by atoms with Crippen LogP contribution in [0.3, 0.4) is 0 Å². The van der Waals surface area contributed by atoms with E-state index in [0.717, 1.165) is 11.4 Å². The molecule has 2 aromatic carbocycles. The van der Waals surface area contributed by atoms with Crippen LogP contribution in [0.25, 0.3) is 0 Å². The number of amides is 1. The smallest absolute Gasteiger partial charge is 0.257 e. The van der Waals surface area contributed by atoms with Crippen molar-refractivity contribution in [3.63, 3.8) is 0 Å². The van der Waals surface area contributed by atoms with E-state index in [1.807, 2.05) is 38.1 Å². The molecule has 0 aliphatic rings. The van der Waals surface area contributed by atoms with Gasteiger partial charge in [0.2, 0.25) is 0 Å². The number of benzene rings is 2. The Morgan fingerprint density at radius 1 is 1.00 bits per heavy atom. The summed E-state index contributed by atoms with van der Waals surface area (Å²) in [5.74, 6) is 1.19. The molecule has 2 rings (SSSR count). The number of ether oxygens (including phenoxy) is 2. The van der Waals surface area contributed by atoms with E-state index in [9.17, 15) is 4.79 Å². The third-order valence-electron chi connectivity index (χ3n) is 3.06. The van der Waals surface area contributed by atoms with E-state index in [0.29, 0.717) is 11.3 Å². The fourth-order valence-corrected chi connectivity index (χ4v) is 2.18. The fraction of sp³-hybridized carbons (Fsp3) is 0.222. The Morgan fingerprint density at radius 3 is 2.12 bits per heavy atom. The van der Waals surface area contributed by atoms with Gasteiger partial charge in [-0.15, -0.1) is 0 Å². The maximum Gasteiger partial charge on any atom is 0.257 e. The molecule has 126 valence electrons. The second-order valence-corrected chi connectivity index (χ2v) is 5.74. The molecule has 0 saturated heterocycles. The molecule has 0 unspecified atom stereocenters. The molecule has 2 N–H and O–H groups in total. The molecule has 1 amide bonds. The van der Waals surface area contributed by atoms with Gasteiger partial charge in [0.1, 0.15) is 11.5 Å². The van der Waals surface area contributed by atoms with Crippen LogP contribution in [0.5, 0.6) is 11.5 Å². The SMILES string of the molecule is COc1ccc(C(=O)NC(=S)Nc2ccc(OC(C)C)cc2)cc1. The van der Waals surface area contributed by atoms with Crippen molar-refractivity contribution in [3.05, 3.63) is 54.1 Å². The average molecular weight is 344 g/mol. The number of hydrogen-bond donors (Lipinski definition) is 2. The lowest BCUT2D eigenvalue weighted by Gasteiger charge is -2.12. The summed E-state index contributed by atoms with van der Waals surface area (Å²) in [5.41, 5.74) is 1.27. The van der Waals surface area contributed by atoms with Crippen LogP contribution in [0, 0.1) is 0 Å². The zero-order chi connectivity index (χ0) is 17.5. The first kappa shape index (κ1) is 17.7. The van der Waals surface area contributed by atoms with Gasteiger partial charge in [-0.05, 0) is 74.6 Å². The summed E-state index contributed by atoms with van der Waals surface area (Å²) in [4.78, 5) is 12.1. The molecule has 0 saturated carbocycles. The number of carbonyl (C=O) groups is 1. The van der Waals surface area contributed by atoms with E-state index in [1.165, 1.54) is 0 Å². The van der Waals surface area contributed by atoms with Crippen molar-refractivity contribution < 1.29 is 14.3 Å². The summed E-state index contributed by atoms with van der Waals surface area (Å²) in [6.45, 7) is 3.94. The standard InChI is InChI=1S/C18H20N2O3S/c1-12(2)23-16-10-6-14(7-11-16)19-18(24)20-17(21)13-4-8-15(22-3)9-5-13/h4-12H,1-3H3,(H2,19,20,21,24). The van der Waals surface area contributed by atoms with E-state index in [-0.39, 0.29) is 17.1 Å². The van der Waals surface area contributed by atoms with Gasteiger partial charge >= 0.3 is 0 Å². The van der Waals surface area contributed by atoms with Gasteiger partial charge < -0.3 is 14.8 Å². The number of methoxy groups -OCH3 is 1. The van der Waals surface area contributed by atoms with Crippen LogP contribution in [0.1, 0.15) is 24.2 Å². The first-order valence-corrected chi connectivity index (χ1v) is 7.92. The van der Waals surface area contributed by atoms with Crippen LogP contribution in [-0.4, -0.2) is 24.2 Å². The summed E-state index contributed by atoms with van der Waals surface area (Å²) in [6.07, 6.45) is 0.119. The molecule has 0 spiro atoms. The number of carbonyl (C=O) groups excluding carboxylic acids is 1. The minimum atomic E-state index is -0.282. The maximum atomic E-state index is 12.1. The normalized spacial score (nSPS) is 10.2. The molecule has 0 aliphatic carbocycles. The van der Waals surface area contributed by atoms with Gasteiger partial charge in [-0.3, -0.25) is 10.1 Å². The number of hydrogen-bond acceptors (Lipinski definition) is 4. The largest absolute Gasteiger partial charge is 0.497 e. The number of thiocarbonyl (C=S) groups is 1. The Bertz CT molecular complexity index is 697. The number of anilines is 1. The highest BCUT2D eigenvalue weighted by molar-refractivity contribution is 7.80. The molecule has 5 nitrogen and oxygen atoms in total. The van der Waals surface area contributed by atoms with E-state index in [4.69, 9.17) is 21.7 Å². The van der Waals surface area contributed by atoms with Crippen molar-refractivity contribution >= 4 is 28.9 Å². The van der Waals surface area contributed by atoms with Crippen molar-refractivity contribution in [2.24, 2.45) is 0 Å². The monoisotopic (exact) mass is 344 g/mol. The average Bonchev–Trinajstić information content (AvgIpc) is 2.56. The van der Waals surface area contributed by atoms with Gasteiger partial charge in [0.15, 0.2) is 5.11 Å². The molecule has 24 heavy (non-hydrogen) atoms. The molecule has 0 atom stereocenters. The van der Waals surface area contributed by atoms with Crippen molar-refractivity contribution in [2.75, 3.05) is 12.4 Å². The molecule has 0 radical (unpaired) electrons. The summed E-state index contributed by atoms with van der Waals surface area (Å²) in [5, 5.41) is 5.83. The zero-order valence-electron chi connectivity index (χ0n) is 13.8. The van der Waals surface area contributed by atoms with Crippen molar-refractivity contribution in [1.29, 1.82) is 0 Å². The zero-order valence-corrected chi connectivity index (χ0v) is 14.6. The summed E-state index contributed by atoms with van der Waals surface area (Å²) >= 11 is 5.16. The van der Waals surface area contributed by atoms with Crippen LogP contribution in [0.4, 0.5) is 5.69 Å². The minimum absolute atomic E-state index is 0.119. The quantitative estimate of drug-likeness (QED) is 0.812. The first-order chi connectivity index (χ1) is 11.5. The molecule has 6 heteroatoms. The highest BCUT2D eigenvalue weighted by atomic mass is 32.1. The van der Waals surface area contributed by atoms with Gasteiger partial charge in [0, 0.05) is 11.3 Å². The molecule has 2 aromatic rings. The topological polar surface area (TPSA) is 59.6 Å². The Kier molecular flexibility index (Phi) is 6.14. The van der Waals surface area contributed by atoms with Gasteiger partial charge in [-0.2, -0.15) is 0 Å². The van der Waals surface area contributed by atoms with Crippen LogP contribution < -0.4 is 20.1 Å². The third-order valence-corrected chi connectivity index (χ3v) is 3.27. The molecule has 0 aliphatic heterocycles. The molecular weight excluding hydrogens is 324 g/mol. The fourth-order valence-electron chi connectivity index (χ4n) is 1.97. The van der Waals surface area contributed by atoms with E-state index >= 15 is 0 Å². The predicted octanol–water partition coefficient (Wildman–Crippen LogP) is 3.61. The van der Waals surface area contributed by atoms with Gasteiger partial charge in [-0.1, -0.05) is 0 Å². The van der Waals surface area contributed by atoms with Gasteiger partial charge in [0.25, 0.3) is 5.91 Å². The highest BCUT2D eigenvalue weighted by Gasteiger charge is 2.08. The van der Waals surface area contributed by atoms with Gasteiger partial charge in [-0.25, -0.2) is 0 Å². The number of rotatable bonds is 5. The van der Waals surface area contributed by atoms with Crippen LogP contribution in [-0.2, 0) is 0 Å². The lowest BCUT2D eigenvalue weighted by molar-refractivity contribution is 0.0977. The number of nitrogens with one attached hydrogen (secondary N) is 2. The second kappa shape index (κ2) is 8.31. The van der Waals surface area contributed by atoms with E-state index in [2.05, 4.69) is 10.6 Å². The Balaban J connectivity index is 1.91. The molecule has 0 bridgehead atoms. The Hall–Kier alpha value is -2.60. The predicted molar refractivity (Wildman–Crippen MR) is 98.9 cm³/mol. The first-order valence-electron chi connectivity index (χ1n) is 7.51. The maximum absolute atomic E-state index is 12.1. The van der Waals surface area contributed by atoms with Crippen LogP contribution in [0.2, 0.25) is 0 Å². The summed E-state index contributed by atoms with van der Waals surface area (Å²) in [6, 6.07) is 14.2. The van der Waals surface area contributed by atoms with Crippen molar-refractivity contribution in [3.8, 4) is 11.5 Å². The third kappa shape index (κ3) is 5.24. The van der Waals surface area contributed by atoms with Crippen molar-refractivity contribution in [1.82, 2.24) is 5.32 Å². The molecule has 0 fully saturated rings. The van der Waals surface area contributed by atoms with Gasteiger partial charge in [0.05, 0.1) is 13.2 Å².